The van der Waals surface area contributed by atoms with Crippen LogP contribution in [0.3, 0.4) is 0 Å². The summed E-state index contributed by atoms with van der Waals surface area (Å²) in [5, 5.41) is 6.91. The fourth-order valence-corrected chi connectivity index (χ4v) is 3.22. The van der Waals surface area contributed by atoms with E-state index in [2.05, 4.69) is 15.8 Å². The average molecular weight is 494 g/mol. The van der Waals surface area contributed by atoms with Gasteiger partial charge in [0.25, 0.3) is 0 Å². The summed E-state index contributed by atoms with van der Waals surface area (Å²) in [4.78, 5) is 36.8. The van der Waals surface area contributed by atoms with E-state index in [9.17, 15) is 14.4 Å². The third-order valence-electron chi connectivity index (χ3n) is 5.11. The summed E-state index contributed by atoms with van der Waals surface area (Å²) in [7, 11) is 1.44. The maximum atomic E-state index is 12.5. The molecule has 0 saturated carbocycles. The van der Waals surface area contributed by atoms with Gasteiger partial charge in [-0.3, -0.25) is 9.59 Å². The van der Waals surface area contributed by atoms with Gasteiger partial charge in [0.05, 0.1) is 18.4 Å². The summed E-state index contributed by atoms with van der Waals surface area (Å²) >= 11 is 6.04. The number of carbonyl (C=O) groups is 3. The number of hydrogen-bond donors (Lipinski definition) is 2. The molecule has 0 aliphatic carbocycles. The number of hydrogen-bond acceptors (Lipinski definition) is 6. The van der Waals surface area contributed by atoms with E-state index >= 15 is 0 Å². The van der Waals surface area contributed by atoms with Crippen molar-refractivity contribution in [1.82, 2.24) is 5.43 Å². The Morgan fingerprint density at radius 1 is 0.886 bits per heavy atom. The number of rotatable bonds is 6. The maximum Gasteiger partial charge on any atom is 0.343 e. The molecule has 0 aromatic heterocycles. The lowest BCUT2D eigenvalue weighted by atomic mass is 10.1. The first kappa shape index (κ1) is 25.5. The molecule has 180 valence electrons. The lowest BCUT2D eigenvalue weighted by Crippen LogP contribution is -2.32. The van der Waals surface area contributed by atoms with Gasteiger partial charge >= 0.3 is 17.8 Å². The molecule has 9 heteroatoms. The Kier molecular flexibility index (Phi) is 8.22. The molecule has 0 saturated heterocycles. The number of methoxy groups -OCH3 is 1. The van der Waals surface area contributed by atoms with Gasteiger partial charge in [-0.05, 0) is 68.3 Å². The van der Waals surface area contributed by atoms with Crippen LogP contribution in [0.5, 0.6) is 11.5 Å². The van der Waals surface area contributed by atoms with Gasteiger partial charge in [0, 0.05) is 16.3 Å². The van der Waals surface area contributed by atoms with E-state index in [4.69, 9.17) is 21.1 Å². The summed E-state index contributed by atoms with van der Waals surface area (Å²) in [6.07, 6.45) is 0. The first-order chi connectivity index (χ1) is 16.7. The number of amides is 2. The molecule has 3 aromatic carbocycles. The highest BCUT2D eigenvalue weighted by Gasteiger charge is 2.16. The molecule has 3 aromatic rings. The zero-order chi connectivity index (χ0) is 25.5. The van der Waals surface area contributed by atoms with E-state index in [-0.39, 0.29) is 5.75 Å². The smallest absolute Gasteiger partial charge is 0.343 e. The molecule has 2 amide bonds. The summed E-state index contributed by atoms with van der Waals surface area (Å²) in [5.41, 5.74) is 5.69. The van der Waals surface area contributed by atoms with Crippen LogP contribution in [0.1, 0.15) is 34.0 Å². The van der Waals surface area contributed by atoms with E-state index in [1.165, 1.54) is 7.11 Å². The minimum absolute atomic E-state index is 0.234. The molecule has 0 fully saturated rings. The maximum absolute atomic E-state index is 12.5. The highest BCUT2D eigenvalue weighted by atomic mass is 35.5. The number of benzene rings is 3. The molecule has 0 atom stereocenters. The number of nitrogens with zero attached hydrogens (tertiary/aromatic N) is 1. The Balaban J connectivity index is 1.67. The van der Waals surface area contributed by atoms with Crippen LogP contribution >= 0.6 is 11.6 Å². The van der Waals surface area contributed by atoms with Crippen LogP contribution in [-0.2, 0) is 9.59 Å². The number of halogens is 1. The van der Waals surface area contributed by atoms with Gasteiger partial charge in [0.1, 0.15) is 0 Å². The van der Waals surface area contributed by atoms with Crippen LogP contribution in [0.4, 0.5) is 5.69 Å². The topological polar surface area (TPSA) is 106 Å². The Morgan fingerprint density at radius 3 is 2.31 bits per heavy atom. The second kappa shape index (κ2) is 11.3. The van der Waals surface area contributed by atoms with Gasteiger partial charge in [-0.25, -0.2) is 10.2 Å². The molecule has 0 spiro atoms. The van der Waals surface area contributed by atoms with Crippen molar-refractivity contribution in [3.63, 3.8) is 0 Å². The van der Waals surface area contributed by atoms with Gasteiger partial charge in [-0.2, -0.15) is 5.10 Å². The Labute approximate surface area is 207 Å². The fourth-order valence-electron chi connectivity index (χ4n) is 3.04. The quantitative estimate of drug-likeness (QED) is 0.171. The molecule has 0 radical (unpaired) electrons. The molecule has 8 nitrogen and oxygen atoms in total. The van der Waals surface area contributed by atoms with Crippen LogP contribution in [-0.4, -0.2) is 30.6 Å². The van der Waals surface area contributed by atoms with E-state index < -0.39 is 17.8 Å². The van der Waals surface area contributed by atoms with Crippen molar-refractivity contribution >= 4 is 40.8 Å². The van der Waals surface area contributed by atoms with Crippen molar-refractivity contribution in [2.24, 2.45) is 5.10 Å². The predicted molar refractivity (Wildman–Crippen MR) is 134 cm³/mol. The standard InChI is InChI=1S/C26H24ClN3O5/c1-15-7-5-6-8-20(15)26(33)35-22-12-10-18(13-23(22)34-4)17(3)29-30-25(32)24(31)28-19-11-9-16(2)21(27)14-19/h5-14H,1-4H3,(H,28,31)(H,30,32). The molecule has 0 heterocycles. The number of carbonyl (C=O) groups excluding carboxylic acids is 3. The fraction of sp³-hybridized carbons (Fsp3) is 0.154. The first-order valence-electron chi connectivity index (χ1n) is 10.6. The highest BCUT2D eigenvalue weighted by Crippen LogP contribution is 2.29. The number of nitrogens with one attached hydrogen (secondary N) is 2. The minimum Gasteiger partial charge on any atom is -0.493 e. The number of esters is 1. The van der Waals surface area contributed by atoms with Crippen molar-refractivity contribution in [1.29, 1.82) is 0 Å². The van der Waals surface area contributed by atoms with Gasteiger partial charge in [-0.15, -0.1) is 0 Å². The van der Waals surface area contributed by atoms with Crippen molar-refractivity contribution < 1.29 is 23.9 Å². The highest BCUT2D eigenvalue weighted by molar-refractivity contribution is 6.40. The zero-order valence-electron chi connectivity index (χ0n) is 19.6. The summed E-state index contributed by atoms with van der Waals surface area (Å²) in [5.74, 6) is -1.81. The van der Waals surface area contributed by atoms with E-state index in [0.29, 0.717) is 33.3 Å². The molecule has 3 rings (SSSR count). The van der Waals surface area contributed by atoms with Crippen molar-refractivity contribution in [3.05, 3.63) is 87.9 Å². The molecular formula is C26H24ClN3O5. The predicted octanol–water partition coefficient (Wildman–Crippen LogP) is 4.66. The van der Waals surface area contributed by atoms with Crippen LogP contribution in [0.15, 0.2) is 65.8 Å². The summed E-state index contributed by atoms with van der Waals surface area (Å²) in [6.45, 7) is 5.29. The number of hydrazone groups is 1. The van der Waals surface area contributed by atoms with Gasteiger partial charge < -0.3 is 14.8 Å². The minimum atomic E-state index is -0.947. The summed E-state index contributed by atoms with van der Waals surface area (Å²) < 4.78 is 10.9. The van der Waals surface area contributed by atoms with Crippen LogP contribution in [0.2, 0.25) is 5.02 Å². The van der Waals surface area contributed by atoms with E-state index in [1.807, 2.05) is 26.0 Å². The average Bonchev–Trinajstić information content (AvgIpc) is 2.84. The van der Waals surface area contributed by atoms with Crippen molar-refractivity contribution in [2.75, 3.05) is 12.4 Å². The van der Waals surface area contributed by atoms with E-state index in [1.54, 1.807) is 55.5 Å². The van der Waals surface area contributed by atoms with Crippen molar-refractivity contribution in [2.45, 2.75) is 20.8 Å². The number of aryl methyl sites for hydroxylation is 2. The monoisotopic (exact) mass is 493 g/mol. The molecule has 0 bridgehead atoms. The van der Waals surface area contributed by atoms with Gasteiger partial charge in [0.2, 0.25) is 0 Å². The zero-order valence-corrected chi connectivity index (χ0v) is 20.4. The normalized spacial score (nSPS) is 10.9. The molecule has 0 unspecified atom stereocenters. The molecule has 2 N–H and O–H groups in total. The van der Waals surface area contributed by atoms with Crippen LogP contribution in [0.25, 0.3) is 0 Å². The Bertz CT molecular complexity index is 1320. The van der Waals surface area contributed by atoms with Gasteiger partial charge in [-0.1, -0.05) is 35.9 Å². The van der Waals surface area contributed by atoms with Gasteiger partial charge in [0.15, 0.2) is 11.5 Å². The lowest BCUT2D eigenvalue weighted by molar-refractivity contribution is -0.136. The molecular weight excluding hydrogens is 470 g/mol. The van der Waals surface area contributed by atoms with Crippen molar-refractivity contribution in [3.8, 4) is 11.5 Å². The lowest BCUT2D eigenvalue weighted by Gasteiger charge is -2.12. The third-order valence-corrected chi connectivity index (χ3v) is 5.52. The largest absolute Gasteiger partial charge is 0.493 e. The van der Waals surface area contributed by atoms with E-state index in [0.717, 1.165) is 11.1 Å². The number of ether oxygens (including phenoxy) is 2. The SMILES string of the molecule is COc1cc(C(C)=NNC(=O)C(=O)Nc2ccc(C)c(Cl)c2)ccc1OC(=O)c1ccccc1C. The second-order valence-corrected chi connectivity index (χ2v) is 8.03. The first-order valence-corrected chi connectivity index (χ1v) is 11.0. The molecule has 0 aliphatic heterocycles. The second-order valence-electron chi connectivity index (χ2n) is 7.63. The Morgan fingerprint density at radius 2 is 1.63 bits per heavy atom. The number of anilines is 1. The van der Waals surface area contributed by atoms with Crippen LogP contribution < -0.4 is 20.2 Å². The molecule has 0 aliphatic rings. The van der Waals surface area contributed by atoms with Crippen LogP contribution in [0, 0.1) is 13.8 Å². The third kappa shape index (κ3) is 6.45. The Hall–Kier alpha value is -4.17. The molecule has 35 heavy (non-hydrogen) atoms. The summed E-state index contributed by atoms with van der Waals surface area (Å²) in [6, 6.07) is 16.9.